The maximum atomic E-state index is 12.9. The van der Waals surface area contributed by atoms with E-state index >= 15 is 0 Å². The van der Waals surface area contributed by atoms with Crippen molar-refractivity contribution in [2.24, 2.45) is 0 Å². The molecule has 1 N–H and O–H groups in total. The van der Waals surface area contributed by atoms with E-state index in [1.54, 1.807) is 14.2 Å². The largest absolute Gasteiger partial charge is 0.497 e. The predicted molar refractivity (Wildman–Crippen MR) is 115 cm³/mol. The minimum atomic E-state index is -0.152. The van der Waals surface area contributed by atoms with Crippen molar-refractivity contribution in [3.63, 3.8) is 0 Å². The summed E-state index contributed by atoms with van der Waals surface area (Å²) in [5, 5.41) is 3.96. The molecule has 1 unspecified atom stereocenters. The maximum Gasteiger partial charge on any atom is 0.271 e. The summed E-state index contributed by atoms with van der Waals surface area (Å²) in [7, 11) is 3.32. The molecule has 1 fully saturated rings. The first kappa shape index (κ1) is 19.7. The van der Waals surface area contributed by atoms with Gasteiger partial charge in [0, 0.05) is 17.5 Å². The molecule has 0 spiro atoms. The molecule has 2 heterocycles. The van der Waals surface area contributed by atoms with Gasteiger partial charge in [-0.05, 0) is 61.7 Å². The Morgan fingerprint density at radius 1 is 1.17 bits per heavy atom. The number of rotatable bonds is 7. The van der Waals surface area contributed by atoms with E-state index in [-0.39, 0.29) is 11.9 Å². The fourth-order valence-corrected chi connectivity index (χ4v) is 4.72. The van der Waals surface area contributed by atoms with Crippen LogP contribution in [-0.2, 0) is 0 Å². The van der Waals surface area contributed by atoms with E-state index < -0.39 is 0 Å². The number of aromatic nitrogens is 1. The Hall–Kier alpha value is -2.64. The van der Waals surface area contributed by atoms with Gasteiger partial charge in [-0.25, -0.2) is 0 Å². The molecule has 1 aromatic heterocycles. The Balaban J connectivity index is 1.55. The third kappa shape index (κ3) is 4.06. The number of carbonyl (C=O) groups is 1. The number of methoxy groups -OCH3 is 2. The van der Waals surface area contributed by atoms with Crippen LogP contribution in [0.15, 0.2) is 42.5 Å². The number of hydrogen-bond acceptors (Lipinski definition) is 6. The Labute approximate surface area is 174 Å². The molecule has 0 bridgehead atoms. The molecule has 1 amide bonds. The molecule has 0 radical (unpaired) electrons. The van der Waals surface area contributed by atoms with Crippen molar-refractivity contribution in [1.82, 2.24) is 14.6 Å². The summed E-state index contributed by atoms with van der Waals surface area (Å²) in [5.41, 5.74) is 1.57. The van der Waals surface area contributed by atoms with E-state index in [2.05, 4.69) is 20.7 Å². The third-order valence-corrected chi connectivity index (χ3v) is 6.24. The van der Waals surface area contributed by atoms with Crippen LogP contribution in [0.4, 0.5) is 0 Å². The highest BCUT2D eigenvalue weighted by Crippen LogP contribution is 2.32. The van der Waals surface area contributed by atoms with Crippen molar-refractivity contribution >= 4 is 27.5 Å². The van der Waals surface area contributed by atoms with Crippen molar-refractivity contribution in [2.45, 2.75) is 18.9 Å². The molecule has 1 saturated heterocycles. The van der Waals surface area contributed by atoms with Gasteiger partial charge in [0.05, 0.1) is 25.0 Å². The van der Waals surface area contributed by atoms with E-state index in [9.17, 15) is 4.79 Å². The van der Waals surface area contributed by atoms with Crippen LogP contribution in [0.5, 0.6) is 11.5 Å². The lowest BCUT2D eigenvalue weighted by atomic mass is 10.0. The van der Waals surface area contributed by atoms with Gasteiger partial charge in [-0.1, -0.05) is 18.2 Å². The molecule has 6 nitrogen and oxygen atoms in total. The molecule has 3 aromatic rings. The second kappa shape index (κ2) is 8.80. The molecule has 29 heavy (non-hydrogen) atoms. The van der Waals surface area contributed by atoms with Crippen LogP contribution in [0.1, 0.15) is 34.9 Å². The number of ether oxygens (including phenoxy) is 2. The van der Waals surface area contributed by atoms with Crippen LogP contribution >= 0.6 is 11.5 Å². The second-order valence-corrected chi connectivity index (χ2v) is 7.91. The first-order chi connectivity index (χ1) is 14.2. The number of hydrogen-bond donors (Lipinski definition) is 1. The zero-order chi connectivity index (χ0) is 20.2. The molecule has 1 aliphatic heterocycles. The van der Waals surface area contributed by atoms with Crippen molar-refractivity contribution in [3.05, 3.63) is 53.7 Å². The molecule has 2 aromatic carbocycles. The summed E-state index contributed by atoms with van der Waals surface area (Å²) >= 11 is 1.31. The van der Waals surface area contributed by atoms with E-state index in [0.717, 1.165) is 40.2 Å². The predicted octanol–water partition coefficient (Wildman–Crippen LogP) is 3.88. The monoisotopic (exact) mass is 411 g/mol. The van der Waals surface area contributed by atoms with Gasteiger partial charge >= 0.3 is 0 Å². The summed E-state index contributed by atoms with van der Waals surface area (Å²) in [4.78, 5) is 15.4. The summed E-state index contributed by atoms with van der Waals surface area (Å²) in [6.07, 6.45) is 2.36. The number of amides is 1. The summed E-state index contributed by atoms with van der Waals surface area (Å²) in [6.45, 7) is 2.56. The zero-order valence-corrected chi connectivity index (χ0v) is 17.5. The van der Waals surface area contributed by atoms with Gasteiger partial charge < -0.3 is 14.8 Å². The number of benzene rings is 2. The van der Waals surface area contributed by atoms with E-state index in [1.807, 2.05) is 36.4 Å². The van der Waals surface area contributed by atoms with Gasteiger partial charge in [-0.3, -0.25) is 9.69 Å². The number of fused-ring (bicyclic) bond motifs is 1. The van der Waals surface area contributed by atoms with Crippen LogP contribution < -0.4 is 14.8 Å². The second-order valence-electron chi connectivity index (χ2n) is 7.10. The average molecular weight is 412 g/mol. The number of nitrogens with one attached hydrogen (secondary N) is 1. The van der Waals surface area contributed by atoms with Crippen LogP contribution in [0.2, 0.25) is 0 Å². The minimum Gasteiger partial charge on any atom is -0.497 e. The van der Waals surface area contributed by atoms with Gasteiger partial charge in [-0.15, -0.1) is 0 Å². The molecule has 0 aliphatic carbocycles. The highest BCUT2D eigenvalue weighted by molar-refractivity contribution is 7.13. The summed E-state index contributed by atoms with van der Waals surface area (Å²) < 4.78 is 16.2. The van der Waals surface area contributed by atoms with Crippen LogP contribution in [0.3, 0.4) is 0 Å². The van der Waals surface area contributed by atoms with Crippen LogP contribution in [0.25, 0.3) is 10.1 Å². The van der Waals surface area contributed by atoms with Crippen LogP contribution in [0, 0.1) is 0 Å². The highest BCUT2D eigenvalue weighted by Gasteiger charge is 2.27. The third-order valence-electron chi connectivity index (χ3n) is 5.43. The van der Waals surface area contributed by atoms with Crippen molar-refractivity contribution in [1.29, 1.82) is 0 Å². The average Bonchev–Trinajstić information content (AvgIpc) is 3.43. The number of carbonyl (C=O) groups excluding carboxylic acids is 1. The highest BCUT2D eigenvalue weighted by atomic mass is 32.1. The lowest BCUT2D eigenvalue weighted by Gasteiger charge is -2.29. The fraction of sp³-hybridized carbons (Fsp3) is 0.364. The Bertz CT molecular complexity index is 998. The Kier molecular flexibility index (Phi) is 5.97. The molecule has 1 atom stereocenters. The molecule has 0 saturated carbocycles. The smallest absolute Gasteiger partial charge is 0.271 e. The zero-order valence-electron chi connectivity index (χ0n) is 16.7. The van der Waals surface area contributed by atoms with Gasteiger partial charge in [0.25, 0.3) is 5.91 Å². The fourth-order valence-electron chi connectivity index (χ4n) is 3.91. The Morgan fingerprint density at radius 3 is 2.72 bits per heavy atom. The molecule has 4 rings (SSSR count). The molecule has 1 aliphatic rings. The van der Waals surface area contributed by atoms with E-state index in [0.29, 0.717) is 12.2 Å². The summed E-state index contributed by atoms with van der Waals surface area (Å²) in [6, 6.07) is 13.8. The standard InChI is InChI=1S/C22H25N3O3S/c1-27-15-9-10-17-20(13-15)29-24-21(17)22(26)23-14-18(25-11-5-6-12-25)16-7-3-4-8-19(16)28-2/h3-4,7-10,13,18H,5-6,11-12,14H2,1-2H3,(H,23,26). The van der Waals surface area contributed by atoms with E-state index in [1.165, 1.54) is 24.4 Å². The topological polar surface area (TPSA) is 63.7 Å². The summed E-state index contributed by atoms with van der Waals surface area (Å²) in [5.74, 6) is 1.46. The van der Waals surface area contributed by atoms with Crippen LogP contribution in [-0.4, -0.2) is 49.0 Å². The SMILES string of the molecule is COc1ccc2c(C(=O)NCC(c3ccccc3OC)N3CCCC3)nsc2c1. The van der Waals surface area contributed by atoms with Gasteiger partial charge in [0.15, 0.2) is 0 Å². The molecule has 152 valence electrons. The molecular weight excluding hydrogens is 386 g/mol. The van der Waals surface area contributed by atoms with Gasteiger partial charge in [-0.2, -0.15) is 4.37 Å². The van der Waals surface area contributed by atoms with Crippen molar-refractivity contribution < 1.29 is 14.3 Å². The van der Waals surface area contributed by atoms with E-state index in [4.69, 9.17) is 9.47 Å². The Morgan fingerprint density at radius 2 is 1.97 bits per heavy atom. The van der Waals surface area contributed by atoms with Crippen molar-refractivity contribution in [3.8, 4) is 11.5 Å². The molecular formula is C22H25N3O3S. The number of nitrogens with zero attached hydrogens (tertiary/aromatic N) is 2. The normalized spacial score (nSPS) is 15.4. The van der Waals surface area contributed by atoms with Gasteiger partial charge in [0.2, 0.25) is 0 Å². The first-order valence-electron chi connectivity index (χ1n) is 9.80. The van der Waals surface area contributed by atoms with Crippen molar-refractivity contribution in [2.75, 3.05) is 33.9 Å². The minimum absolute atomic E-state index is 0.0718. The lowest BCUT2D eigenvalue weighted by molar-refractivity contribution is 0.0935. The first-order valence-corrected chi connectivity index (χ1v) is 10.6. The quantitative estimate of drug-likeness (QED) is 0.639. The maximum absolute atomic E-state index is 12.9. The number of para-hydroxylation sites is 1. The number of likely N-dealkylation sites (tertiary alicyclic amines) is 1. The lowest BCUT2D eigenvalue weighted by Crippen LogP contribution is -2.37. The molecule has 7 heteroatoms. The van der Waals surface area contributed by atoms with Gasteiger partial charge in [0.1, 0.15) is 17.2 Å².